The smallest absolute Gasteiger partial charge is 0.122 e. The third-order valence-corrected chi connectivity index (χ3v) is 2.54. The van der Waals surface area contributed by atoms with E-state index in [0.29, 0.717) is 13.2 Å². The third-order valence-electron chi connectivity index (χ3n) is 2.54. The molecular formula is C14H23NO2. The molecule has 1 rings (SSSR count). The molecule has 0 radical (unpaired) electrons. The van der Waals surface area contributed by atoms with Crippen molar-refractivity contribution in [3.05, 3.63) is 29.3 Å². The van der Waals surface area contributed by atoms with Crippen LogP contribution in [-0.4, -0.2) is 30.9 Å². The van der Waals surface area contributed by atoms with Crippen LogP contribution >= 0.6 is 0 Å². The summed E-state index contributed by atoms with van der Waals surface area (Å²) in [5, 5.41) is 12.2. The zero-order valence-corrected chi connectivity index (χ0v) is 11.0. The van der Waals surface area contributed by atoms with Crippen LogP contribution in [0.4, 0.5) is 0 Å². The Morgan fingerprint density at radius 2 is 2.12 bits per heavy atom. The van der Waals surface area contributed by atoms with Gasteiger partial charge in [0.05, 0.1) is 12.7 Å². The molecule has 0 amide bonds. The fourth-order valence-corrected chi connectivity index (χ4v) is 1.55. The molecule has 0 aliphatic carbocycles. The van der Waals surface area contributed by atoms with Gasteiger partial charge in [0.2, 0.25) is 0 Å². The van der Waals surface area contributed by atoms with Crippen molar-refractivity contribution in [3.8, 4) is 5.75 Å². The predicted octanol–water partition coefficient (Wildman–Crippen LogP) is 2.04. The first kappa shape index (κ1) is 14.0. The summed E-state index contributed by atoms with van der Waals surface area (Å²) in [5.41, 5.74) is 2.39. The van der Waals surface area contributed by atoms with E-state index in [-0.39, 0.29) is 6.10 Å². The van der Waals surface area contributed by atoms with Crippen LogP contribution < -0.4 is 10.1 Å². The van der Waals surface area contributed by atoms with Gasteiger partial charge in [-0.2, -0.15) is 0 Å². The highest BCUT2D eigenvalue weighted by Crippen LogP contribution is 2.18. The fourth-order valence-electron chi connectivity index (χ4n) is 1.55. The molecule has 0 aliphatic heterocycles. The molecule has 0 heterocycles. The molecule has 1 aromatic rings. The van der Waals surface area contributed by atoms with Gasteiger partial charge in [-0.15, -0.1) is 0 Å². The third kappa shape index (κ3) is 5.71. The minimum atomic E-state index is -0.282. The maximum atomic E-state index is 9.06. The molecule has 3 nitrogen and oxygen atoms in total. The molecule has 0 unspecified atom stereocenters. The molecule has 96 valence electrons. The Kier molecular flexibility index (Phi) is 6.01. The highest BCUT2D eigenvalue weighted by Gasteiger charge is 1.99. The molecule has 0 spiro atoms. The van der Waals surface area contributed by atoms with E-state index in [2.05, 4.69) is 37.4 Å². The standard InChI is InChI=1S/C14H23NO2/c1-11-5-6-12(2)14(9-11)17-8-4-7-15-10-13(3)16/h5-6,9,13,15-16H,4,7-8,10H2,1-3H3/t13-/m0/s1. The Morgan fingerprint density at radius 1 is 1.35 bits per heavy atom. The van der Waals surface area contributed by atoms with Gasteiger partial charge in [0.1, 0.15) is 5.75 Å². The summed E-state index contributed by atoms with van der Waals surface area (Å²) in [6.07, 6.45) is 0.662. The first-order chi connectivity index (χ1) is 8.09. The average molecular weight is 237 g/mol. The van der Waals surface area contributed by atoms with E-state index < -0.39 is 0 Å². The maximum absolute atomic E-state index is 9.06. The molecule has 2 N–H and O–H groups in total. The fraction of sp³-hybridized carbons (Fsp3) is 0.571. The van der Waals surface area contributed by atoms with Crippen molar-refractivity contribution in [2.45, 2.75) is 33.3 Å². The summed E-state index contributed by atoms with van der Waals surface area (Å²) in [7, 11) is 0. The van der Waals surface area contributed by atoms with Crippen LogP contribution in [0.1, 0.15) is 24.5 Å². The van der Waals surface area contributed by atoms with E-state index in [9.17, 15) is 0 Å². The van der Waals surface area contributed by atoms with Crippen LogP contribution in [-0.2, 0) is 0 Å². The molecule has 1 aromatic carbocycles. The number of hydrogen-bond donors (Lipinski definition) is 2. The summed E-state index contributed by atoms with van der Waals surface area (Å²) in [6.45, 7) is 8.12. The maximum Gasteiger partial charge on any atom is 0.122 e. The van der Waals surface area contributed by atoms with Crippen LogP contribution in [0.15, 0.2) is 18.2 Å². The van der Waals surface area contributed by atoms with Crippen LogP contribution in [0.3, 0.4) is 0 Å². The van der Waals surface area contributed by atoms with Gasteiger partial charge in [-0.05, 0) is 50.9 Å². The molecule has 1 atom stereocenters. The number of aliphatic hydroxyl groups excluding tert-OH is 1. The van der Waals surface area contributed by atoms with Crippen molar-refractivity contribution in [1.29, 1.82) is 0 Å². The van der Waals surface area contributed by atoms with Gasteiger partial charge >= 0.3 is 0 Å². The van der Waals surface area contributed by atoms with Crippen LogP contribution in [0.25, 0.3) is 0 Å². The van der Waals surface area contributed by atoms with Gasteiger partial charge in [0.15, 0.2) is 0 Å². The molecular weight excluding hydrogens is 214 g/mol. The number of aliphatic hydroxyl groups is 1. The Balaban J connectivity index is 2.20. The van der Waals surface area contributed by atoms with E-state index in [0.717, 1.165) is 18.7 Å². The quantitative estimate of drug-likeness (QED) is 0.713. The lowest BCUT2D eigenvalue weighted by Gasteiger charge is -2.10. The van der Waals surface area contributed by atoms with Crippen molar-refractivity contribution >= 4 is 0 Å². The van der Waals surface area contributed by atoms with Crippen LogP contribution in [0, 0.1) is 13.8 Å². The largest absolute Gasteiger partial charge is 0.493 e. The first-order valence-corrected chi connectivity index (χ1v) is 6.18. The van der Waals surface area contributed by atoms with E-state index in [1.165, 1.54) is 11.1 Å². The van der Waals surface area contributed by atoms with E-state index in [1.54, 1.807) is 6.92 Å². The number of benzene rings is 1. The summed E-state index contributed by atoms with van der Waals surface area (Å²) in [4.78, 5) is 0. The highest BCUT2D eigenvalue weighted by atomic mass is 16.5. The SMILES string of the molecule is Cc1ccc(C)c(OCCCNC[C@H](C)O)c1. The molecule has 0 aliphatic rings. The molecule has 0 fully saturated rings. The van der Waals surface area contributed by atoms with Gasteiger partial charge in [-0.3, -0.25) is 0 Å². The summed E-state index contributed by atoms with van der Waals surface area (Å²) in [6, 6.07) is 6.24. The zero-order chi connectivity index (χ0) is 12.7. The second kappa shape index (κ2) is 7.30. The number of aryl methyl sites for hydroxylation is 2. The Labute approximate surface area is 104 Å². The minimum Gasteiger partial charge on any atom is -0.493 e. The molecule has 0 saturated heterocycles. The summed E-state index contributed by atoms with van der Waals surface area (Å²) in [5.74, 6) is 0.973. The van der Waals surface area contributed by atoms with Gasteiger partial charge in [-0.1, -0.05) is 12.1 Å². The lowest BCUT2D eigenvalue weighted by Crippen LogP contribution is -2.26. The number of ether oxygens (including phenoxy) is 1. The van der Waals surface area contributed by atoms with Crippen molar-refractivity contribution in [3.63, 3.8) is 0 Å². The van der Waals surface area contributed by atoms with Gasteiger partial charge < -0.3 is 15.2 Å². The second-order valence-electron chi connectivity index (χ2n) is 4.52. The van der Waals surface area contributed by atoms with Crippen LogP contribution in [0.2, 0.25) is 0 Å². The lowest BCUT2D eigenvalue weighted by molar-refractivity contribution is 0.190. The minimum absolute atomic E-state index is 0.282. The van der Waals surface area contributed by atoms with Gasteiger partial charge in [0.25, 0.3) is 0 Å². The summed E-state index contributed by atoms with van der Waals surface area (Å²) < 4.78 is 5.72. The van der Waals surface area contributed by atoms with E-state index in [1.807, 2.05) is 0 Å². The van der Waals surface area contributed by atoms with Crippen molar-refractivity contribution in [1.82, 2.24) is 5.32 Å². The van der Waals surface area contributed by atoms with Crippen molar-refractivity contribution < 1.29 is 9.84 Å². The van der Waals surface area contributed by atoms with E-state index in [4.69, 9.17) is 9.84 Å². The number of nitrogens with one attached hydrogen (secondary N) is 1. The molecule has 17 heavy (non-hydrogen) atoms. The summed E-state index contributed by atoms with van der Waals surface area (Å²) >= 11 is 0. The van der Waals surface area contributed by atoms with Crippen LogP contribution in [0.5, 0.6) is 5.75 Å². The average Bonchev–Trinajstić information content (AvgIpc) is 2.27. The monoisotopic (exact) mass is 237 g/mol. The van der Waals surface area contributed by atoms with Gasteiger partial charge in [-0.25, -0.2) is 0 Å². The molecule has 0 aromatic heterocycles. The Morgan fingerprint density at radius 3 is 2.82 bits per heavy atom. The first-order valence-electron chi connectivity index (χ1n) is 6.18. The molecule has 0 saturated carbocycles. The number of rotatable bonds is 7. The Hall–Kier alpha value is -1.06. The van der Waals surface area contributed by atoms with E-state index >= 15 is 0 Å². The van der Waals surface area contributed by atoms with Gasteiger partial charge in [0, 0.05) is 6.54 Å². The lowest BCUT2D eigenvalue weighted by atomic mass is 10.1. The van der Waals surface area contributed by atoms with Crippen molar-refractivity contribution in [2.75, 3.05) is 19.7 Å². The normalized spacial score (nSPS) is 12.5. The topological polar surface area (TPSA) is 41.5 Å². The Bertz CT molecular complexity index is 337. The molecule has 0 bridgehead atoms. The second-order valence-corrected chi connectivity index (χ2v) is 4.52. The number of hydrogen-bond acceptors (Lipinski definition) is 3. The zero-order valence-electron chi connectivity index (χ0n) is 11.0. The van der Waals surface area contributed by atoms with Crippen molar-refractivity contribution in [2.24, 2.45) is 0 Å². The predicted molar refractivity (Wildman–Crippen MR) is 70.6 cm³/mol. The highest BCUT2D eigenvalue weighted by molar-refractivity contribution is 5.35. The molecule has 3 heteroatoms.